The number of anilines is 1. The number of phenolic OH excluding ortho intramolecular Hbond substituents is 1. The minimum absolute atomic E-state index is 0.0555. The third kappa shape index (κ3) is 5.79. The average molecular weight is 391 g/mol. The summed E-state index contributed by atoms with van der Waals surface area (Å²) in [5.74, 6) is -1.40. The van der Waals surface area contributed by atoms with Crippen molar-refractivity contribution >= 4 is 40.5 Å². The van der Waals surface area contributed by atoms with E-state index in [1.807, 2.05) is 0 Å². The molecule has 0 fully saturated rings. The monoisotopic (exact) mass is 390 g/mol. The molecule has 3 N–H and O–H groups in total. The van der Waals surface area contributed by atoms with Crippen LogP contribution in [0.2, 0.25) is 5.02 Å². The number of benzene rings is 2. The number of nitrogens with one attached hydrogen (secondary N) is 2. The van der Waals surface area contributed by atoms with Gasteiger partial charge in [-0.05, 0) is 31.2 Å². The van der Waals surface area contributed by atoms with E-state index < -0.39 is 16.7 Å². The molecule has 0 saturated heterocycles. The van der Waals surface area contributed by atoms with Crippen LogP contribution in [0.15, 0.2) is 47.6 Å². The zero-order valence-electron chi connectivity index (χ0n) is 14.1. The minimum atomic E-state index is -0.687. The molecule has 0 aliphatic rings. The van der Waals surface area contributed by atoms with Gasteiger partial charge in [0.25, 0.3) is 11.6 Å². The van der Waals surface area contributed by atoms with Gasteiger partial charge >= 0.3 is 0 Å². The standard InChI is InChI=1S/C17H15ClN4O5/c1-10(20-21-17(25)14-8-11(18)5-6-15(14)23)7-16(24)19-12-3-2-4-13(9-12)22(26)27/h2-6,8-9,23H,7H2,1H3,(H,19,24)(H,21,25). The van der Waals surface area contributed by atoms with Gasteiger partial charge in [0.1, 0.15) is 5.75 Å². The van der Waals surface area contributed by atoms with E-state index in [2.05, 4.69) is 15.8 Å². The normalized spacial score (nSPS) is 11.0. The highest BCUT2D eigenvalue weighted by Crippen LogP contribution is 2.21. The Balaban J connectivity index is 1.95. The fourth-order valence-electron chi connectivity index (χ4n) is 2.07. The highest BCUT2D eigenvalue weighted by molar-refractivity contribution is 6.31. The molecule has 2 aromatic rings. The van der Waals surface area contributed by atoms with Crippen molar-refractivity contribution in [3.8, 4) is 5.75 Å². The molecule has 10 heteroatoms. The largest absolute Gasteiger partial charge is 0.507 e. The summed E-state index contributed by atoms with van der Waals surface area (Å²) in [6, 6.07) is 9.50. The van der Waals surface area contributed by atoms with Gasteiger partial charge in [-0.25, -0.2) is 5.43 Å². The van der Waals surface area contributed by atoms with Crippen LogP contribution < -0.4 is 10.7 Å². The maximum atomic E-state index is 12.0. The highest BCUT2D eigenvalue weighted by atomic mass is 35.5. The first-order chi connectivity index (χ1) is 12.8. The van der Waals surface area contributed by atoms with Crippen LogP contribution in [0.1, 0.15) is 23.7 Å². The summed E-state index contributed by atoms with van der Waals surface area (Å²) < 4.78 is 0. The van der Waals surface area contributed by atoms with Crippen molar-refractivity contribution in [1.29, 1.82) is 0 Å². The maximum absolute atomic E-state index is 12.0. The van der Waals surface area contributed by atoms with E-state index in [0.717, 1.165) is 0 Å². The minimum Gasteiger partial charge on any atom is -0.507 e. The Morgan fingerprint density at radius 1 is 1.26 bits per heavy atom. The van der Waals surface area contributed by atoms with Gasteiger partial charge in [0.15, 0.2) is 0 Å². The number of aromatic hydroxyl groups is 1. The van der Waals surface area contributed by atoms with E-state index in [1.54, 1.807) is 0 Å². The quantitative estimate of drug-likeness (QED) is 0.396. The first kappa shape index (κ1) is 19.9. The Kier molecular flexibility index (Phi) is 6.45. The van der Waals surface area contributed by atoms with Crippen LogP contribution in [-0.2, 0) is 4.79 Å². The summed E-state index contributed by atoms with van der Waals surface area (Å²) >= 11 is 5.78. The lowest BCUT2D eigenvalue weighted by Crippen LogP contribution is -2.21. The SMILES string of the molecule is CC(CC(=O)Nc1cccc([N+](=O)[O-])c1)=NNC(=O)c1cc(Cl)ccc1O. The Morgan fingerprint density at radius 3 is 2.70 bits per heavy atom. The summed E-state index contributed by atoms with van der Waals surface area (Å²) in [5, 5.41) is 27.0. The van der Waals surface area contributed by atoms with Crippen molar-refractivity contribution in [3.63, 3.8) is 0 Å². The van der Waals surface area contributed by atoms with Crippen molar-refractivity contribution in [1.82, 2.24) is 5.43 Å². The third-order valence-corrected chi connectivity index (χ3v) is 3.54. The Labute approximate surface area is 158 Å². The van der Waals surface area contributed by atoms with E-state index in [-0.39, 0.29) is 39.8 Å². The fourth-order valence-corrected chi connectivity index (χ4v) is 2.24. The number of non-ortho nitro benzene ring substituents is 1. The smallest absolute Gasteiger partial charge is 0.275 e. The molecule has 0 heterocycles. The van der Waals surface area contributed by atoms with Crippen LogP contribution in [0, 0.1) is 10.1 Å². The number of nitro benzene ring substituents is 1. The first-order valence-corrected chi connectivity index (χ1v) is 8.00. The second-order valence-corrected chi connectivity index (χ2v) is 5.92. The Morgan fingerprint density at radius 2 is 2.00 bits per heavy atom. The van der Waals surface area contributed by atoms with E-state index in [0.29, 0.717) is 0 Å². The van der Waals surface area contributed by atoms with Gasteiger partial charge in [-0.2, -0.15) is 5.10 Å². The lowest BCUT2D eigenvalue weighted by molar-refractivity contribution is -0.384. The van der Waals surface area contributed by atoms with Crippen molar-refractivity contribution < 1.29 is 19.6 Å². The first-order valence-electron chi connectivity index (χ1n) is 7.62. The molecule has 140 valence electrons. The van der Waals surface area contributed by atoms with Crippen molar-refractivity contribution in [3.05, 3.63) is 63.2 Å². The molecule has 0 aromatic heterocycles. The molecule has 0 spiro atoms. The van der Waals surface area contributed by atoms with Gasteiger partial charge < -0.3 is 10.4 Å². The molecule has 0 saturated carbocycles. The van der Waals surface area contributed by atoms with Crippen LogP contribution in [0.4, 0.5) is 11.4 Å². The van der Waals surface area contributed by atoms with Crippen LogP contribution >= 0.6 is 11.6 Å². The topological polar surface area (TPSA) is 134 Å². The van der Waals surface area contributed by atoms with Crippen LogP contribution in [0.3, 0.4) is 0 Å². The third-order valence-electron chi connectivity index (χ3n) is 3.31. The van der Waals surface area contributed by atoms with Crippen molar-refractivity contribution in [2.45, 2.75) is 13.3 Å². The number of nitrogens with zero attached hydrogens (tertiary/aromatic N) is 2. The molecule has 27 heavy (non-hydrogen) atoms. The Bertz CT molecular complexity index is 929. The Hall–Kier alpha value is -3.46. The summed E-state index contributed by atoms with van der Waals surface area (Å²) in [4.78, 5) is 34.2. The van der Waals surface area contributed by atoms with Crippen molar-refractivity contribution in [2.75, 3.05) is 5.32 Å². The van der Waals surface area contributed by atoms with E-state index in [9.17, 15) is 24.8 Å². The number of nitro groups is 1. The number of carbonyl (C=O) groups is 2. The second kappa shape index (κ2) is 8.77. The molecular formula is C17H15ClN4O5. The van der Waals surface area contributed by atoms with Gasteiger partial charge in [0.2, 0.25) is 5.91 Å². The molecule has 9 nitrogen and oxygen atoms in total. The number of rotatable bonds is 6. The van der Waals surface area contributed by atoms with E-state index in [4.69, 9.17) is 11.6 Å². The molecule has 0 aliphatic carbocycles. The van der Waals surface area contributed by atoms with Gasteiger partial charge in [0.05, 0.1) is 16.9 Å². The molecule has 2 aromatic carbocycles. The van der Waals surface area contributed by atoms with E-state index in [1.165, 1.54) is 49.4 Å². The summed E-state index contributed by atoms with van der Waals surface area (Å²) in [5.41, 5.74) is 2.58. The number of hydrazone groups is 1. The summed E-state index contributed by atoms with van der Waals surface area (Å²) in [6.07, 6.45) is -0.148. The highest BCUT2D eigenvalue weighted by Gasteiger charge is 2.12. The average Bonchev–Trinajstić information content (AvgIpc) is 2.61. The molecule has 0 atom stereocenters. The number of carbonyl (C=O) groups excluding carboxylic acids is 2. The van der Waals surface area contributed by atoms with Gasteiger partial charge in [-0.3, -0.25) is 19.7 Å². The van der Waals surface area contributed by atoms with Gasteiger partial charge in [0, 0.05) is 28.6 Å². The maximum Gasteiger partial charge on any atom is 0.275 e. The van der Waals surface area contributed by atoms with Crippen LogP contribution in [0.25, 0.3) is 0 Å². The molecule has 0 unspecified atom stereocenters. The zero-order chi connectivity index (χ0) is 20.0. The predicted molar refractivity (Wildman–Crippen MR) is 100 cm³/mol. The van der Waals surface area contributed by atoms with Gasteiger partial charge in [-0.15, -0.1) is 0 Å². The van der Waals surface area contributed by atoms with Crippen LogP contribution in [-0.4, -0.2) is 27.6 Å². The number of hydrogen-bond acceptors (Lipinski definition) is 6. The molecule has 0 radical (unpaired) electrons. The lowest BCUT2D eigenvalue weighted by atomic mass is 10.2. The van der Waals surface area contributed by atoms with Gasteiger partial charge in [-0.1, -0.05) is 17.7 Å². The molecule has 0 aliphatic heterocycles. The van der Waals surface area contributed by atoms with Crippen LogP contribution in [0.5, 0.6) is 5.75 Å². The second-order valence-electron chi connectivity index (χ2n) is 5.48. The number of phenols is 1. The fraction of sp³-hybridized carbons (Fsp3) is 0.118. The molecular weight excluding hydrogens is 376 g/mol. The molecule has 2 amide bonds. The molecule has 2 rings (SSSR count). The molecule has 0 bridgehead atoms. The zero-order valence-corrected chi connectivity index (χ0v) is 14.9. The van der Waals surface area contributed by atoms with Crippen molar-refractivity contribution in [2.24, 2.45) is 5.10 Å². The predicted octanol–water partition coefficient (Wildman–Crippen LogP) is 3.09. The van der Waals surface area contributed by atoms with E-state index >= 15 is 0 Å². The number of amides is 2. The summed E-state index contributed by atoms with van der Waals surface area (Å²) in [6.45, 7) is 1.52. The summed E-state index contributed by atoms with van der Waals surface area (Å²) in [7, 11) is 0. The number of halogens is 1. The number of hydrogen-bond donors (Lipinski definition) is 3. The lowest BCUT2D eigenvalue weighted by Gasteiger charge is -2.06.